The predicted molar refractivity (Wildman–Crippen MR) is 64.2 cm³/mol. The molecule has 3 unspecified atom stereocenters. The predicted octanol–water partition coefficient (Wildman–Crippen LogP) is 1.50. The summed E-state index contributed by atoms with van der Waals surface area (Å²) in [5.41, 5.74) is 1.08. The van der Waals surface area contributed by atoms with E-state index in [9.17, 15) is 4.79 Å². The zero-order chi connectivity index (χ0) is 11.7. The quantitative estimate of drug-likeness (QED) is 0.828. The highest BCUT2D eigenvalue weighted by Gasteiger charge is 2.42. The van der Waals surface area contributed by atoms with Crippen molar-refractivity contribution in [3.05, 3.63) is 18.2 Å². The summed E-state index contributed by atoms with van der Waals surface area (Å²) in [5.74, 6) is 2.09. The van der Waals surface area contributed by atoms with E-state index in [1.807, 2.05) is 6.20 Å². The van der Waals surface area contributed by atoms with Crippen LogP contribution in [0.3, 0.4) is 0 Å². The van der Waals surface area contributed by atoms with Crippen LogP contribution in [0.5, 0.6) is 0 Å². The fourth-order valence-corrected chi connectivity index (χ4v) is 3.44. The van der Waals surface area contributed by atoms with Crippen LogP contribution in [0.15, 0.2) is 12.5 Å². The number of aromatic nitrogens is 2. The number of hydrogen-bond donors (Lipinski definition) is 2. The number of rotatable bonds is 4. The van der Waals surface area contributed by atoms with Gasteiger partial charge in [-0.1, -0.05) is 6.42 Å². The number of H-pyrrole nitrogens is 1. The molecule has 1 heterocycles. The van der Waals surface area contributed by atoms with Gasteiger partial charge in [0.25, 0.3) is 0 Å². The van der Waals surface area contributed by atoms with Gasteiger partial charge in [0.05, 0.1) is 6.33 Å². The lowest BCUT2D eigenvalue weighted by Gasteiger charge is -2.20. The highest BCUT2D eigenvalue weighted by Crippen LogP contribution is 2.48. The van der Waals surface area contributed by atoms with Gasteiger partial charge in [-0.3, -0.25) is 4.79 Å². The maximum Gasteiger partial charge on any atom is 0.223 e. The molecule has 3 rings (SSSR count). The number of carbonyl (C=O) groups is 1. The molecule has 2 bridgehead atoms. The van der Waals surface area contributed by atoms with Gasteiger partial charge in [0.15, 0.2) is 0 Å². The minimum atomic E-state index is 0.275. The summed E-state index contributed by atoms with van der Waals surface area (Å²) in [4.78, 5) is 19.0. The molecular formula is C13H19N3O. The molecule has 2 N–H and O–H groups in total. The molecule has 2 saturated carbocycles. The third kappa shape index (κ3) is 2.21. The van der Waals surface area contributed by atoms with Crippen molar-refractivity contribution in [2.75, 3.05) is 6.54 Å². The van der Waals surface area contributed by atoms with Crippen LogP contribution in [0.4, 0.5) is 0 Å². The van der Waals surface area contributed by atoms with Gasteiger partial charge in [-0.05, 0) is 31.1 Å². The highest BCUT2D eigenvalue weighted by molar-refractivity contribution is 5.79. The standard InChI is InChI=1S/C13H19N3O/c17-13(12-6-9-1-2-10(12)5-9)15-4-3-11-7-14-8-16-11/h7-10,12H,1-6H2,(H,14,16)(H,15,17). The smallest absolute Gasteiger partial charge is 0.223 e. The van der Waals surface area contributed by atoms with Crippen molar-refractivity contribution in [1.82, 2.24) is 15.3 Å². The summed E-state index contributed by atoms with van der Waals surface area (Å²) in [6.07, 6.45) is 9.36. The Hall–Kier alpha value is -1.32. The first-order valence-electron chi connectivity index (χ1n) is 6.58. The normalized spacial score (nSPS) is 30.7. The van der Waals surface area contributed by atoms with E-state index < -0.39 is 0 Å². The number of nitrogens with zero attached hydrogens (tertiary/aromatic N) is 1. The SMILES string of the molecule is O=C(NCCc1cnc[nH]1)C1CC2CCC1C2. The van der Waals surface area contributed by atoms with Gasteiger partial charge in [0.1, 0.15) is 0 Å². The average molecular weight is 233 g/mol. The molecule has 0 aromatic carbocycles. The lowest BCUT2D eigenvalue weighted by Crippen LogP contribution is -2.34. The minimum absolute atomic E-state index is 0.275. The second-order valence-corrected chi connectivity index (χ2v) is 5.40. The molecule has 2 fully saturated rings. The first-order chi connectivity index (χ1) is 8.33. The van der Waals surface area contributed by atoms with Crippen LogP contribution < -0.4 is 5.32 Å². The third-order valence-electron chi connectivity index (χ3n) is 4.32. The van der Waals surface area contributed by atoms with E-state index in [0.717, 1.165) is 31.0 Å². The van der Waals surface area contributed by atoms with E-state index in [-0.39, 0.29) is 5.91 Å². The van der Waals surface area contributed by atoms with Gasteiger partial charge in [-0.15, -0.1) is 0 Å². The summed E-state index contributed by atoms with van der Waals surface area (Å²) in [6, 6.07) is 0. The number of amides is 1. The average Bonchev–Trinajstić information content (AvgIpc) is 3.05. The zero-order valence-electron chi connectivity index (χ0n) is 9.98. The summed E-state index contributed by atoms with van der Waals surface area (Å²) in [7, 11) is 0. The van der Waals surface area contributed by atoms with Crippen LogP contribution >= 0.6 is 0 Å². The number of imidazole rings is 1. The molecule has 0 saturated heterocycles. The molecule has 0 aliphatic heterocycles. The van der Waals surface area contributed by atoms with Gasteiger partial charge >= 0.3 is 0 Å². The number of hydrogen-bond acceptors (Lipinski definition) is 2. The maximum atomic E-state index is 12.0. The van der Waals surface area contributed by atoms with Gasteiger partial charge in [-0.25, -0.2) is 4.98 Å². The van der Waals surface area contributed by atoms with E-state index >= 15 is 0 Å². The molecule has 2 aliphatic rings. The van der Waals surface area contributed by atoms with E-state index in [2.05, 4.69) is 15.3 Å². The Morgan fingerprint density at radius 2 is 2.41 bits per heavy atom. The highest BCUT2D eigenvalue weighted by atomic mass is 16.1. The van der Waals surface area contributed by atoms with E-state index in [1.165, 1.54) is 19.3 Å². The molecule has 1 aromatic heterocycles. The minimum Gasteiger partial charge on any atom is -0.355 e. The first-order valence-corrected chi connectivity index (χ1v) is 6.58. The van der Waals surface area contributed by atoms with Crippen LogP contribution in [-0.2, 0) is 11.2 Å². The molecule has 3 atom stereocenters. The van der Waals surface area contributed by atoms with Crippen molar-refractivity contribution >= 4 is 5.91 Å². The summed E-state index contributed by atoms with van der Waals surface area (Å²) >= 11 is 0. The topological polar surface area (TPSA) is 57.8 Å². The summed E-state index contributed by atoms with van der Waals surface area (Å²) in [5, 5.41) is 3.06. The third-order valence-corrected chi connectivity index (χ3v) is 4.32. The van der Waals surface area contributed by atoms with Crippen LogP contribution in [0.25, 0.3) is 0 Å². The number of fused-ring (bicyclic) bond motifs is 2. The monoisotopic (exact) mass is 233 g/mol. The van der Waals surface area contributed by atoms with Crippen molar-refractivity contribution in [2.24, 2.45) is 17.8 Å². The van der Waals surface area contributed by atoms with Crippen LogP contribution in [0.1, 0.15) is 31.4 Å². The van der Waals surface area contributed by atoms with Crippen molar-refractivity contribution in [3.8, 4) is 0 Å². The first kappa shape index (κ1) is 10.8. The Morgan fingerprint density at radius 1 is 1.47 bits per heavy atom. The second-order valence-electron chi connectivity index (χ2n) is 5.40. The lowest BCUT2D eigenvalue weighted by atomic mass is 9.88. The Labute approximate surface area is 101 Å². The molecule has 1 amide bonds. The van der Waals surface area contributed by atoms with Crippen molar-refractivity contribution in [2.45, 2.75) is 32.1 Å². The van der Waals surface area contributed by atoms with Gasteiger partial charge in [-0.2, -0.15) is 0 Å². The molecule has 0 spiro atoms. The fraction of sp³-hybridized carbons (Fsp3) is 0.692. The van der Waals surface area contributed by atoms with E-state index in [1.54, 1.807) is 6.33 Å². The van der Waals surface area contributed by atoms with Gasteiger partial charge in [0.2, 0.25) is 5.91 Å². The van der Waals surface area contributed by atoms with E-state index in [0.29, 0.717) is 11.8 Å². The zero-order valence-corrected chi connectivity index (χ0v) is 9.98. The molecule has 17 heavy (non-hydrogen) atoms. The lowest BCUT2D eigenvalue weighted by molar-refractivity contribution is -0.126. The number of nitrogens with one attached hydrogen (secondary N) is 2. The number of carbonyl (C=O) groups excluding carboxylic acids is 1. The maximum absolute atomic E-state index is 12.0. The fourth-order valence-electron chi connectivity index (χ4n) is 3.44. The van der Waals surface area contributed by atoms with Crippen LogP contribution in [0, 0.1) is 17.8 Å². The Morgan fingerprint density at radius 3 is 3.06 bits per heavy atom. The summed E-state index contributed by atoms with van der Waals surface area (Å²) in [6.45, 7) is 0.717. The van der Waals surface area contributed by atoms with Crippen molar-refractivity contribution in [1.29, 1.82) is 0 Å². The molecule has 0 radical (unpaired) electrons. The largest absolute Gasteiger partial charge is 0.355 e. The molecule has 4 nitrogen and oxygen atoms in total. The molecular weight excluding hydrogens is 214 g/mol. The van der Waals surface area contributed by atoms with Crippen LogP contribution in [0.2, 0.25) is 0 Å². The Balaban J connectivity index is 1.45. The van der Waals surface area contributed by atoms with Crippen LogP contribution in [-0.4, -0.2) is 22.4 Å². The van der Waals surface area contributed by atoms with E-state index in [4.69, 9.17) is 0 Å². The van der Waals surface area contributed by atoms with Gasteiger partial charge < -0.3 is 10.3 Å². The molecule has 4 heteroatoms. The number of aromatic amines is 1. The molecule has 2 aliphatic carbocycles. The van der Waals surface area contributed by atoms with Crippen molar-refractivity contribution in [3.63, 3.8) is 0 Å². The second kappa shape index (κ2) is 4.51. The molecule has 92 valence electrons. The Bertz CT molecular complexity index is 387. The van der Waals surface area contributed by atoms with Crippen molar-refractivity contribution < 1.29 is 4.79 Å². The summed E-state index contributed by atoms with van der Waals surface area (Å²) < 4.78 is 0. The molecule has 1 aromatic rings. The van der Waals surface area contributed by atoms with Gasteiger partial charge in [0, 0.05) is 30.8 Å². The Kier molecular flexibility index (Phi) is 2.87.